The summed E-state index contributed by atoms with van der Waals surface area (Å²) < 4.78 is 52.9. The normalized spacial score (nSPS) is 24.8. The lowest BCUT2D eigenvalue weighted by molar-refractivity contribution is -0.258. The zero-order chi connectivity index (χ0) is 13.3. The van der Waals surface area contributed by atoms with Crippen LogP contribution in [0, 0.1) is 0 Å². The first-order valence-corrected chi connectivity index (χ1v) is 4.93. The Kier molecular flexibility index (Phi) is 3.71. The smallest absolute Gasteiger partial charge is 0.425 e. The second-order valence-corrected chi connectivity index (χ2v) is 3.47. The SMILES string of the molecule is CCOC(=O)C1=C(C)OCC1(OC)C(F)(F)F. The molecular weight excluding hydrogens is 241 g/mol. The lowest BCUT2D eigenvalue weighted by atomic mass is 9.94. The van der Waals surface area contributed by atoms with Crippen LogP contribution in [0.15, 0.2) is 11.3 Å². The van der Waals surface area contributed by atoms with Gasteiger partial charge in [-0.2, -0.15) is 13.2 Å². The summed E-state index contributed by atoms with van der Waals surface area (Å²) >= 11 is 0. The lowest BCUT2D eigenvalue weighted by Gasteiger charge is -2.29. The molecule has 0 aromatic carbocycles. The van der Waals surface area contributed by atoms with Gasteiger partial charge in [0.25, 0.3) is 0 Å². The van der Waals surface area contributed by atoms with Crippen LogP contribution in [0.2, 0.25) is 0 Å². The summed E-state index contributed by atoms with van der Waals surface area (Å²) in [6.07, 6.45) is -4.75. The fraction of sp³-hybridized carbons (Fsp3) is 0.700. The molecule has 98 valence electrons. The van der Waals surface area contributed by atoms with Gasteiger partial charge in [0.2, 0.25) is 5.60 Å². The Morgan fingerprint density at radius 3 is 2.53 bits per heavy atom. The lowest BCUT2D eigenvalue weighted by Crippen LogP contribution is -2.51. The van der Waals surface area contributed by atoms with Crippen LogP contribution in [-0.2, 0) is 19.0 Å². The summed E-state index contributed by atoms with van der Waals surface area (Å²) in [4.78, 5) is 11.5. The van der Waals surface area contributed by atoms with E-state index in [4.69, 9.17) is 4.74 Å². The molecule has 1 unspecified atom stereocenters. The van der Waals surface area contributed by atoms with Gasteiger partial charge in [-0.3, -0.25) is 0 Å². The van der Waals surface area contributed by atoms with Crippen molar-refractivity contribution in [3.63, 3.8) is 0 Å². The van der Waals surface area contributed by atoms with Gasteiger partial charge in [-0.1, -0.05) is 0 Å². The second-order valence-electron chi connectivity index (χ2n) is 3.47. The minimum atomic E-state index is -4.75. The molecule has 7 heteroatoms. The maximum atomic E-state index is 13.0. The Morgan fingerprint density at radius 2 is 2.12 bits per heavy atom. The Morgan fingerprint density at radius 1 is 1.53 bits per heavy atom. The average molecular weight is 254 g/mol. The molecule has 0 N–H and O–H groups in total. The first-order chi connectivity index (χ1) is 7.80. The van der Waals surface area contributed by atoms with Crippen LogP contribution in [-0.4, -0.2) is 38.1 Å². The molecule has 0 saturated carbocycles. The van der Waals surface area contributed by atoms with Crippen LogP contribution >= 0.6 is 0 Å². The minimum absolute atomic E-state index is 0.0206. The highest BCUT2D eigenvalue weighted by atomic mass is 19.4. The Labute approximate surface area is 96.3 Å². The predicted molar refractivity (Wildman–Crippen MR) is 51.1 cm³/mol. The number of ether oxygens (including phenoxy) is 3. The number of allylic oxidation sites excluding steroid dienone is 1. The third-order valence-electron chi connectivity index (χ3n) is 2.53. The Balaban J connectivity index is 3.21. The van der Waals surface area contributed by atoms with E-state index in [-0.39, 0.29) is 12.4 Å². The van der Waals surface area contributed by atoms with Gasteiger partial charge in [0.1, 0.15) is 17.9 Å². The molecule has 0 aliphatic carbocycles. The van der Waals surface area contributed by atoms with Crippen molar-refractivity contribution in [2.24, 2.45) is 0 Å². The van der Waals surface area contributed by atoms with E-state index in [2.05, 4.69) is 9.47 Å². The second kappa shape index (κ2) is 4.56. The summed E-state index contributed by atoms with van der Waals surface area (Å²) in [5.41, 5.74) is -3.35. The van der Waals surface area contributed by atoms with Gasteiger partial charge in [0, 0.05) is 7.11 Å². The fourth-order valence-electron chi connectivity index (χ4n) is 1.65. The van der Waals surface area contributed by atoms with Crippen molar-refractivity contribution in [3.8, 4) is 0 Å². The highest BCUT2D eigenvalue weighted by Crippen LogP contribution is 2.45. The molecule has 1 heterocycles. The van der Waals surface area contributed by atoms with Crippen LogP contribution in [0.4, 0.5) is 13.2 Å². The molecule has 1 rings (SSSR count). The van der Waals surface area contributed by atoms with Crippen molar-refractivity contribution in [2.75, 3.05) is 20.3 Å². The number of alkyl halides is 3. The van der Waals surface area contributed by atoms with E-state index in [1.54, 1.807) is 0 Å². The Bertz CT molecular complexity index is 348. The average Bonchev–Trinajstić information content (AvgIpc) is 2.56. The van der Waals surface area contributed by atoms with E-state index in [0.717, 1.165) is 7.11 Å². The molecule has 0 saturated heterocycles. The predicted octanol–water partition coefficient (Wildman–Crippen LogP) is 1.80. The van der Waals surface area contributed by atoms with Crippen molar-refractivity contribution in [3.05, 3.63) is 11.3 Å². The van der Waals surface area contributed by atoms with Crippen molar-refractivity contribution < 1.29 is 32.2 Å². The van der Waals surface area contributed by atoms with Gasteiger partial charge in [0.15, 0.2) is 0 Å². The molecule has 17 heavy (non-hydrogen) atoms. The molecule has 1 atom stereocenters. The van der Waals surface area contributed by atoms with Gasteiger partial charge in [-0.15, -0.1) is 0 Å². The Hall–Kier alpha value is -1.24. The van der Waals surface area contributed by atoms with Crippen molar-refractivity contribution in [2.45, 2.75) is 25.6 Å². The van der Waals surface area contributed by atoms with Crippen LogP contribution < -0.4 is 0 Å². The molecule has 1 aliphatic rings. The molecule has 0 radical (unpaired) electrons. The van der Waals surface area contributed by atoms with Crippen molar-refractivity contribution in [1.29, 1.82) is 0 Å². The van der Waals surface area contributed by atoms with Gasteiger partial charge in [-0.05, 0) is 13.8 Å². The number of hydrogen-bond acceptors (Lipinski definition) is 4. The quantitative estimate of drug-likeness (QED) is 0.720. The number of esters is 1. The van der Waals surface area contributed by atoms with E-state index in [1.807, 2.05) is 0 Å². The molecule has 0 spiro atoms. The van der Waals surface area contributed by atoms with Crippen molar-refractivity contribution >= 4 is 5.97 Å². The minimum Gasteiger partial charge on any atom is -0.494 e. The monoisotopic (exact) mass is 254 g/mol. The summed E-state index contributed by atoms with van der Waals surface area (Å²) in [7, 11) is 0.884. The number of halogens is 3. The van der Waals surface area contributed by atoms with Crippen LogP contribution in [0.5, 0.6) is 0 Å². The molecule has 0 amide bonds. The summed E-state index contributed by atoms with van der Waals surface area (Å²) in [5, 5.41) is 0. The molecule has 1 aliphatic heterocycles. The molecule has 0 aromatic heterocycles. The number of carbonyl (C=O) groups is 1. The number of hydrogen-bond donors (Lipinski definition) is 0. The summed E-state index contributed by atoms with van der Waals surface area (Å²) in [5.74, 6) is -1.19. The zero-order valence-corrected chi connectivity index (χ0v) is 9.68. The van der Waals surface area contributed by atoms with Gasteiger partial charge < -0.3 is 14.2 Å². The van der Waals surface area contributed by atoms with Crippen molar-refractivity contribution in [1.82, 2.24) is 0 Å². The van der Waals surface area contributed by atoms with E-state index in [1.165, 1.54) is 13.8 Å². The van der Waals surface area contributed by atoms with E-state index in [9.17, 15) is 18.0 Å². The highest BCUT2D eigenvalue weighted by Gasteiger charge is 2.64. The van der Waals surface area contributed by atoms with Gasteiger partial charge in [-0.25, -0.2) is 4.79 Å². The van der Waals surface area contributed by atoms with E-state index >= 15 is 0 Å². The summed E-state index contributed by atoms with van der Waals surface area (Å²) in [6.45, 7) is 1.99. The molecule has 4 nitrogen and oxygen atoms in total. The van der Waals surface area contributed by atoms with Crippen LogP contribution in [0.1, 0.15) is 13.8 Å². The summed E-state index contributed by atoms with van der Waals surface area (Å²) in [6, 6.07) is 0. The maximum absolute atomic E-state index is 13.0. The number of rotatable bonds is 3. The van der Waals surface area contributed by atoms with E-state index in [0.29, 0.717) is 0 Å². The third kappa shape index (κ3) is 2.11. The first-order valence-electron chi connectivity index (χ1n) is 4.93. The number of methoxy groups -OCH3 is 1. The molecule has 0 bridgehead atoms. The fourth-order valence-corrected chi connectivity index (χ4v) is 1.65. The van der Waals surface area contributed by atoms with Crippen LogP contribution in [0.25, 0.3) is 0 Å². The zero-order valence-electron chi connectivity index (χ0n) is 9.68. The van der Waals surface area contributed by atoms with Crippen LogP contribution in [0.3, 0.4) is 0 Å². The van der Waals surface area contributed by atoms with Gasteiger partial charge >= 0.3 is 12.1 Å². The standard InChI is InChI=1S/C10H13F3O4/c1-4-16-8(14)7-6(2)17-5-9(7,15-3)10(11,12)13/h4-5H2,1-3H3. The maximum Gasteiger partial charge on any atom is 0.425 e. The molecular formula is C10H13F3O4. The highest BCUT2D eigenvalue weighted by molar-refractivity contribution is 5.92. The molecule has 0 fully saturated rings. The van der Waals surface area contributed by atoms with E-state index < -0.39 is 29.9 Å². The third-order valence-corrected chi connectivity index (χ3v) is 2.53. The topological polar surface area (TPSA) is 44.8 Å². The molecule has 0 aromatic rings. The largest absolute Gasteiger partial charge is 0.494 e. The first kappa shape index (κ1) is 13.8. The van der Waals surface area contributed by atoms with Gasteiger partial charge in [0.05, 0.1) is 6.61 Å². The number of carbonyl (C=O) groups excluding carboxylic acids is 1.